The summed E-state index contributed by atoms with van der Waals surface area (Å²) in [5.41, 5.74) is 0.650. The lowest BCUT2D eigenvalue weighted by Gasteiger charge is -2.42. The maximum atomic E-state index is 13.3. The number of rotatable bonds is 3. The zero-order valence-corrected chi connectivity index (χ0v) is 17.3. The maximum absolute atomic E-state index is 13.3. The van der Waals surface area contributed by atoms with E-state index in [2.05, 4.69) is 20.9 Å². The molecule has 4 heterocycles. The van der Waals surface area contributed by atoms with E-state index in [0.29, 0.717) is 23.4 Å². The maximum Gasteiger partial charge on any atom is 0.226 e. The average Bonchev–Trinajstić information content (AvgIpc) is 3.05. The number of ether oxygens (including phenoxy) is 1. The van der Waals surface area contributed by atoms with Crippen molar-refractivity contribution < 1.29 is 9.53 Å². The van der Waals surface area contributed by atoms with Crippen molar-refractivity contribution in [2.24, 2.45) is 11.8 Å². The number of anilines is 1. The second kappa shape index (κ2) is 9.58. The van der Waals surface area contributed by atoms with Crippen LogP contribution >= 0.6 is 0 Å². The Balaban J connectivity index is 1.43. The molecule has 156 valence electrons. The van der Waals surface area contributed by atoms with Crippen LogP contribution in [-0.2, 0) is 9.53 Å². The van der Waals surface area contributed by atoms with Crippen LogP contribution in [-0.4, -0.2) is 54.7 Å². The summed E-state index contributed by atoms with van der Waals surface area (Å²) in [6, 6.07) is 6.30. The van der Waals surface area contributed by atoms with Crippen LogP contribution in [0, 0.1) is 23.2 Å². The van der Waals surface area contributed by atoms with E-state index in [1.807, 2.05) is 12.1 Å². The number of hydrogen-bond donors (Lipinski definition) is 0. The predicted octanol–water partition coefficient (Wildman–Crippen LogP) is 3.37. The predicted molar refractivity (Wildman–Crippen MR) is 111 cm³/mol. The molecule has 0 N–H and O–H groups in total. The van der Waals surface area contributed by atoms with E-state index in [1.54, 1.807) is 6.20 Å². The molecule has 29 heavy (non-hydrogen) atoms. The highest BCUT2D eigenvalue weighted by Gasteiger charge is 2.37. The monoisotopic (exact) mass is 396 g/mol. The van der Waals surface area contributed by atoms with Crippen LogP contribution in [0.2, 0.25) is 0 Å². The molecular weight excluding hydrogens is 364 g/mol. The third kappa shape index (κ3) is 4.56. The Morgan fingerprint density at radius 3 is 2.62 bits per heavy atom. The summed E-state index contributed by atoms with van der Waals surface area (Å²) in [5.74, 6) is 1.88. The van der Waals surface area contributed by atoms with E-state index >= 15 is 0 Å². The van der Waals surface area contributed by atoms with Crippen LogP contribution < -0.4 is 4.90 Å². The smallest absolute Gasteiger partial charge is 0.226 e. The summed E-state index contributed by atoms with van der Waals surface area (Å²) in [6.45, 7) is 4.18. The summed E-state index contributed by atoms with van der Waals surface area (Å²) < 4.78 is 5.47. The fraction of sp³-hybridized carbons (Fsp3) is 0.696. The number of carbonyl (C=O) groups is 1. The van der Waals surface area contributed by atoms with Gasteiger partial charge in [-0.2, -0.15) is 5.26 Å². The molecule has 3 saturated heterocycles. The third-order valence-electron chi connectivity index (χ3n) is 6.94. The number of amides is 1. The van der Waals surface area contributed by atoms with E-state index in [1.165, 1.54) is 12.8 Å². The van der Waals surface area contributed by atoms with E-state index in [9.17, 15) is 10.1 Å². The number of pyridine rings is 1. The molecule has 0 spiro atoms. The van der Waals surface area contributed by atoms with Gasteiger partial charge in [-0.3, -0.25) is 4.79 Å². The average molecular weight is 397 g/mol. The SMILES string of the molecule is N#Cc1cccnc1N1CCC([C@@H]2CCCCCN2C(=O)C2CCOCC2)CC1. The largest absolute Gasteiger partial charge is 0.381 e. The third-order valence-corrected chi connectivity index (χ3v) is 6.94. The van der Waals surface area contributed by atoms with Crippen LogP contribution in [0.15, 0.2) is 18.3 Å². The van der Waals surface area contributed by atoms with Crippen molar-refractivity contribution in [1.29, 1.82) is 5.26 Å². The number of hydrogen-bond acceptors (Lipinski definition) is 5. The standard InChI is InChI=1S/C23H32N4O2/c24-17-20-5-4-11-25-22(20)26-13-7-18(8-14-26)21-6-2-1-3-12-27(21)23(28)19-9-15-29-16-10-19/h4-5,11,18-19,21H,1-3,6-10,12-16H2/t21-/m0/s1. The molecule has 1 amide bonds. The van der Waals surface area contributed by atoms with Crippen LogP contribution in [0.1, 0.15) is 56.9 Å². The van der Waals surface area contributed by atoms with Crippen molar-refractivity contribution in [3.63, 3.8) is 0 Å². The van der Waals surface area contributed by atoms with E-state index in [0.717, 1.165) is 77.2 Å². The van der Waals surface area contributed by atoms with Crippen molar-refractivity contribution >= 4 is 11.7 Å². The summed E-state index contributed by atoms with van der Waals surface area (Å²) in [6.07, 6.45) is 10.3. The summed E-state index contributed by atoms with van der Waals surface area (Å²) in [7, 11) is 0. The van der Waals surface area contributed by atoms with Gasteiger partial charge in [0.2, 0.25) is 5.91 Å². The molecule has 0 unspecified atom stereocenters. The molecule has 6 heteroatoms. The summed E-state index contributed by atoms with van der Waals surface area (Å²) >= 11 is 0. The van der Waals surface area contributed by atoms with Gasteiger partial charge in [-0.05, 0) is 56.6 Å². The van der Waals surface area contributed by atoms with Gasteiger partial charge in [-0.25, -0.2) is 4.98 Å². The minimum atomic E-state index is 0.149. The normalized spacial score (nSPS) is 24.7. The number of aromatic nitrogens is 1. The molecule has 3 fully saturated rings. The van der Waals surface area contributed by atoms with Crippen LogP contribution in [0.3, 0.4) is 0 Å². The molecular formula is C23H32N4O2. The Morgan fingerprint density at radius 2 is 1.86 bits per heavy atom. The van der Waals surface area contributed by atoms with Gasteiger partial charge < -0.3 is 14.5 Å². The number of likely N-dealkylation sites (tertiary alicyclic amines) is 1. The van der Waals surface area contributed by atoms with Gasteiger partial charge in [0, 0.05) is 51.0 Å². The molecule has 0 radical (unpaired) electrons. The van der Waals surface area contributed by atoms with Crippen molar-refractivity contribution in [1.82, 2.24) is 9.88 Å². The van der Waals surface area contributed by atoms with Crippen LogP contribution in [0.25, 0.3) is 0 Å². The number of piperidine rings is 1. The number of nitriles is 1. The molecule has 0 aliphatic carbocycles. The molecule has 4 rings (SSSR count). The first-order valence-electron chi connectivity index (χ1n) is 11.3. The van der Waals surface area contributed by atoms with Crippen molar-refractivity contribution in [3.05, 3.63) is 23.9 Å². The van der Waals surface area contributed by atoms with Gasteiger partial charge in [0.15, 0.2) is 0 Å². The van der Waals surface area contributed by atoms with Crippen LogP contribution in [0.5, 0.6) is 0 Å². The van der Waals surface area contributed by atoms with E-state index < -0.39 is 0 Å². The highest BCUT2D eigenvalue weighted by molar-refractivity contribution is 5.79. The first-order chi connectivity index (χ1) is 14.3. The summed E-state index contributed by atoms with van der Waals surface area (Å²) in [4.78, 5) is 22.3. The van der Waals surface area contributed by atoms with Crippen molar-refractivity contribution in [2.75, 3.05) is 37.7 Å². The van der Waals surface area contributed by atoms with E-state index in [-0.39, 0.29) is 5.92 Å². The van der Waals surface area contributed by atoms with Crippen molar-refractivity contribution in [2.45, 2.75) is 57.4 Å². The van der Waals surface area contributed by atoms with Gasteiger partial charge in [-0.15, -0.1) is 0 Å². The second-order valence-electron chi connectivity index (χ2n) is 8.65. The molecule has 1 aromatic rings. The lowest BCUT2D eigenvalue weighted by Crippen LogP contribution is -2.50. The number of nitrogens with zero attached hydrogens (tertiary/aromatic N) is 4. The Hall–Kier alpha value is -2.13. The lowest BCUT2D eigenvalue weighted by atomic mass is 9.85. The molecule has 6 nitrogen and oxygen atoms in total. The van der Waals surface area contributed by atoms with Gasteiger partial charge in [-0.1, -0.05) is 12.8 Å². The fourth-order valence-corrected chi connectivity index (χ4v) is 5.31. The lowest BCUT2D eigenvalue weighted by molar-refractivity contribution is -0.142. The number of carbonyl (C=O) groups excluding carboxylic acids is 1. The molecule has 0 saturated carbocycles. The van der Waals surface area contributed by atoms with Gasteiger partial charge >= 0.3 is 0 Å². The molecule has 1 atom stereocenters. The van der Waals surface area contributed by atoms with E-state index in [4.69, 9.17) is 4.74 Å². The van der Waals surface area contributed by atoms with Gasteiger partial charge in [0.05, 0.1) is 5.56 Å². The molecule has 3 aliphatic rings. The highest BCUT2D eigenvalue weighted by atomic mass is 16.5. The molecule has 0 aromatic carbocycles. The highest BCUT2D eigenvalue weighted by Crippen LogP contribution is 2.33. The minimum absolute atomic E-state index is 0.149. The Bertz CT molecular complexity index is 733. The molecule has 1 aromatic heterocycles. The van der Waals surface area contributed by atoms with Crippen molar-refractivity contribution in [3.8, 4) is 6.07 Å². The first kappa shape index (κ1) is 20.2. The topological polar surface area (TPSA) is 69.5 Å². The quantitative estimate of drug-likeness (QED) is 0.783. The molecule has 3 aliphatic heterocycles. The Morgan fingerprint density at radius 1 is 1.07 bits per heavy atom. The zero-order chi connectivity index (χ0) is 20.1. The summed E-state index contributed by atoms with van der Waals surface area (Å²) in [5, 5.41) is 9.39. The Kier molecular flexibility index (Phi) is 6.66. The zero-order valence-electron chi connectivity index (χ0n) is 17.3. The second-order valence-corrected chi connectivity index (χ2v) is 8.65. The fourth-order valence-electron chi connectivity index (χ4n) is 5.31. The minimum Gasteiger partial charge on any atom is -0.381 e. The Labute approximate surface area is 173 Å². The van der Waals surface area contributed by atoms with Gasteiger partial charge in [0.1, 0.15) is 11.9 Å². The van der Waals surface area contributed by atoms with Gasteiger partial charge in [0.25, 0.3) is 0 Å². The van der Waals surface area contributed by atoms with Crippen LogP contribution in [0.4, 0.5) is 5.82 Å². The first-order valence-corrected chi connectivity index (χ1v) is 11.3. The molecule has 0 bridgehead atoms.